The Morgan fingerprint density at radius 2 is 1.85 bits per heavy atom. The lowest BCUT2D eigenvalue weighted by Gasteiger charge is -2.17. The van der Waals surface area contributed by atoms with Crippen molar-refractivity contribution in [3.05, 3.63) is 66.2 Å². The summed E-state index contributed by atoms with van der Waals surface area (Å²) in [5.74, 6) is 0.337. The highest BCUT2D eigenvalue weighted by Gasteiger charge is 2.17. The van der Waals surface area contributed by atoms with Crippen LogP contribution in [-0.4, -0.2) is 27.0 Å². The number of carbonyl (C=O) groups excluding carboxylic acids is 1. The van der Waals surface area contributed by atoms with Crippen LogP contribution in [-0.2, 0) is 14.8 Å². The van der Waals surface area contributed by atoms with Crippen molar-refractivity contribution in [3.8, 4) is 5.75 Å². The molecule has 0 fully saturated rings. The maximum absolute atomic E-state index is 12.4. The van der Waals surface area contributed by atoms with E-state index in [1.807, 2.05) is 32.0 Å². The molecule has 144 valence electrons. The third-order valence-corrected chi connectivity index (χ3v) is 5.31. The zero-order valence-corrected chi connectivity index (χ0v) is 16.5. The van der Waals surface area contributed by atoms with Gasteiger partial charge >= 0.3 is 0 Å². The summed E-state index contributed by atoms with van der Waals surface area (Å²) in [6, 6.07) is 11.7. The highest BCUT2D eigenvalue weighted by Crippen LogP contribution is 2.21. The molecule has 6 nitrogen and oxygen atoms in total. The first kappa shape index (κ1) is 20.7. The third kappa shape index (κ3) is 5.67. The van der Waals surface area contributed by atoms with Gasteiger partial charge in [-0.15, -0.1) is 6.58 Å². The van der Waals surface area contributed by atoms with Crippen LogP contribution in [0.5, 0.6) is 5.75 Å². The number of ether oxygens (including phenoxy) is 1. The number of nitrogens with one attached hydrogen (secondary N) is 2. The Hall–Kier alpha value is -2.64. The van der Waals surface area contributed by atoms with Gasteiger partial charge in [-0.25, -0.2) is 13.1 Å². The Bertz CT molecular complexity index is 921. The van der Waals surface area contributed by atoms with Crippen LogP contribution in [0.4, 0.5) is 5.69 Å². The predicted octanol–water partition coefficient (Wildman–Crippen LogP) is 3.17. The van der Waals surface area contributed by atoms with Gasteiger partial charge in [0, 0.05) is 12.2 Å². The molecule has 27 heavy (non-hydrogen) atoms. The van der Waals surface area contributed by atoms with E-state index in [0.29, 0.717) is 11.4 Å². The second-order valence-electron chi connectivity index (χ2n) is 6.18. The van der Waals surface area contributed by atoms with E-state index in [9.17, 15) is 13.2 Å². The molecule has 1 amide bonds. The smallest absolute Gasteiger partial charge is 0.265 e. The number of benzene rings is 2. The molecule has 0 aromatic heterocycles. The lowest BCUT2D eigenvalue weighted by atomic mass is 10.1. The lowest BCUT2D eigenvalue weighted by molar-refractivity contribution is -0.122. The fourth-order valence-corrected chi connectivity index (χ4v) is 3.29. The van der Waals surface area contributed by atoms with E-state index >= 15 is 0 Å². The molecular formula is C20H24N2O4S. The van der Waals surface area contributed by atoms with Gasteiger partial charge in [-0.3, -0.25) is 4.79 Å². The molecule has 0 aliphatic carbocycles. The molecular weight excluding hydrogens is 364 g/mol. The molecule has 2 rings (SSSR count). The predicted molar refractivity (Wildman–Crippen MR) is 106 cm³/mol. The number of hydrogen-bond donors (Lipinski definition) is 2. The van der Waals surface area contributed by atoms with Crippen molar-refractivity contribution in [2.45, 2.75) is 31.8 Å². The Kier molecular flexibility index (Phi) is 6.76. The maximum atomic E-state index is 12.4. The number of rotatable bonds is 8. The average Bonchev–Trinajstić information content (AvgIpc) is 2.63. The molecule has 0 saturated heterocycles. The van der Waals surface area contributed by atoms with Crippen molar-refractivity contribution in [1.82, 2.24) is 4.72 Å². The molecule has 1 atom stereocenters. The van der Waals surface area contributed by atoms with Crippen LogP contribution < -0.4 is 14.8 Å². The van der Waals surface area contributed by atoms with Crippen LogP contribution in [0.15, 0.2) is 60.0 Å². The molecule has 0 aliphatic heterocycles. The standard InChI is InChI=1S/C20H24N2O4S/c1-5-12-21-27(24,25)18-10-8-17(9-11-18)22-20(23)16(4)26-19-13-14(2)6-7-15(19)3/h5-11,13,16,21H,1,12H2,2-4H3,(H,22,23). The summed E-state index contributed by atoms with van der Waals surface area (Å²) in [6.07, 6.45) is 0.756. The second-order valence-corrected chi connectivity index (χ2v) is 7.95. The van der Waals surface area contributed by atoms with E-state index in [-0.39, 0.29) is 17.3 Å². The van der Waals surface area contributed by atoms with E-state index in [0.717, 1.165) is 11.1 Å². The van der Waals surface area contributed by atoms with E-state index in [1.165, 1.54) is 30.3 Å². The SMILES string of the molecule is C=CCNS(=O)(=O)c1ccc(NC(=O)C(C)Oc2cc(C)ccc2C)cc1. The maximum Gasteiger partial charge on any atom is 0.265 e. The lowest BCUT2D eigenvalue weighted by Crippen LogP contribution is -2.30. The molecule has 2 aromatic rings. The van der Waals surface area contributed by atoms with Crippen LogP contribution >= 0.6 is 0 Å². The molecule has 0 bridgehead atoms. The number of hydrogen-bond acceptors (Lipinski definition) is 4. The van der Waals surface area contributed by atoms with Crippen LogP contribution in [0.3, 0.4) is 0 Å². The monoisotopic (exact) mass is 388 g/mol. The summed E-state index contributed by atoms with van der Waals surface area (Å²) >= 11 is 0. The Morgan fingerprint density at radius 3 is 2.48 bits per heavy atom. The summed E-state index contributed by atoms with van der Waals surface area (Å²) < 4.78 is 32.2. The Balaban J connectivity index is 2.02. The van der Waals surface area contributed by atoms with Gasteiger partial charge in [0.25, 0.3) is 5.91 Å². The third-order valence-electron chi connectivity index (χ3n) is 3.87. The quantitative estimate of drug-likeness (QED) is 0.680. The average molecular weight is 388 g/mol. The van der Waals surface area contributed by atoms with Gasteiger partial charge < -0.3 is 10.1 Å². The van der Waals surface area contributed by atoms with Crippen molar-refractivity contribution in [2.24, 2.45) is 0 Å². The topological polar surface area (TPSA) is 84.5 Å². The number of amides is 1. The number of anilines is 1. The van der Waals surface area contributed by atoms with Crippen molar-refractivity contribution in [1.29, 1.82) is 0 Å². The van der Waals surface area contributed by atoms with Crippen molar-refractivity contribution >= 4 is 21.6 Å². The Labute approximate surface area is 160 Å². The molecule has 7 heteroatoms. The first-order valence-electron chi connectivity index (χ1n) is 8.48. The molecule has 2 aromatic carbocycles. The Morgan fingerprint density at radius 1 is 1.19 bits per heavy atom. The van der Waals surface area contributed by atoms with E-state index in [4.69, 9.17) is 4.74 Å². The van der Waals surface area contributed by atoms with Gasteiger partial charge in [-0.2, -0.15) is 0 Å². The minimum absolute atomic E-state index is 0.113. The number of carbonyl (C=O) groups is 1. The van der Waals surface area contributed by atoms with Gasteiger partial charge in [0.15, 0.2) is 6.10 Å². The fraction of sp³-hybridized carbons (Fsp3) is 0.250. The van der Waals surface area contributed by atoms with Crippen LogP contribution in [0.1, 0.15) is 18.1 Å². The highest BCUT2D eigenvalue weighted by atomic mass is 32.2. The van der Waals surface area contributed by atoms with Gasteiger partial charge in [0.2, 0.25) is 10.0 Å². The second kappa shape index (κ2) is 8.83. The molecule has 0 radical (unpaired) electrons. The minimum atomic E-state index is -3.59. The minimum Gasteiger partial charge on any atom is -0.481 e. The van der Waals surface area contributed by atoms with Gasteiger partial charge in [-0.1, -0.05) is 18.2 Å². The largest absolute Gasteiger partial charge is 0.481 e. The van der Waals surface area contributed by atoms with E-state index in [1.54, 1.807) is 6.92 Å². The van der Waals surface area contributed by atoms with E-state index < -0.39 is 16.1 Å². The fourth-order valence-electron chi connectivity index (χ4n) is 2.29. The first-order chi connectivity index (χ1) is 12.7. The van der Waals surface area contributed by atoms with E-state index in [2.05, 4.69) is 16.6 Å². The molecule has 0 saturated carbocycles. The molecule has 2 N–H and O–H groups in total. The summed E-state index contributed by atoms with van der Waals surface area (Å²) in [7, 11) is -3.59. The number of sulfonamides is 1. The van der Waals surface area contributed by atoms with Gasteiger partial charge in [0.1, 0.15) is 5.75 Å². The zero-order valence-electron chi connectivity index (χ0n) is 15.7. The molecule has 1 unspecified atom stereocenters. The van der Waals surface area contributed by atoms with Gasteiger partial charge in [0.05, 0.1) is 4.90 Å². The van der Waals surface area contributed by atoms with Crippen molar-refractivity contribution < 1.29 is 17.9 Å². The van der Waals surface area contributed by atoms with Crippen molar-refractivity contribution in [2.75, 3.05) is 11.9 Å². The summed E-state index contributed by atoms with van der Waals surface area (Å²) in [6.45, 7) is 9.15. The van der Waals surface area contributed by atoms with Crippen LogP contribution in [0.25, 0.3) is 0 Å². The summed E-state index contributed by atoms with van der Waals surface area (Å²) in [5.41, 5.74) is 2.48. The normalized spacial score (nSPS) is 12.3. The molecule has 0 spiro atoms. The van der Waals surface area contributed by atoms with Gasteiger partial charge in [-0.05, 0) is 62.2 Å². The van der Waals surface area contributed by atoms with Crippen molar-refractivity contribution in [3.63, 3.8) is 0 Å². The molecule has 0 aliphatic rings. The first-order valence-corrected chi connectivity index (χ1v) is 9.96. The summed E-state index contributed by atoms with van der Waals surface area (Å²) in [4.78, 5) is 12.5. The highest BCUT2D eigenvalue weighted by molar-refractivity contribution is 7.89. The van der Waals surface area contributed by atoms with Crippen LogP contribution in [0, 0.1) is 13.8 Å². The zero-order chi connectivity index (χ0) is 20.0. The number of aryl methyl sites for hydroxylation is 2. The van der Waals surface area contributed by atoms with Crippen LogP contribution in [0.2, 0.25) is 0 Å². The summed E-state index contributed by atoms with van der Waals surface area (Å²) in [5, 5.41) is 2.72. The molecule has 0 heterocycles.